The molecule has 14 aromatic rings. The standard InChI is InChI=1S/C88H68N2S/c1-87(2)81-49-59(27-41-75(81)77-43-39-73(55-83(77)87)89(69-35-31-61-15-7-11-19-65(61)51-69)70-36-32-62-16-8-12-20-66(62)52-70)25-23-57-29-45-85-79(47-57)80-48-58(30-46-86(80)91(85,5)6)24-26-60-28-42-76-78-44-40-74(56-84(78)88(3,4)82(76)50-60)90(71-37-33-63-17-9-13-21-67(63)53-71)72-38-34-64-18-10-14-22-68(64)54-72/h7-56H,1-6H3. The highest BCUT2D eigenvalue weighted by atomic mass is 32.3. The molecule has 91 heavy (non-hydrogen) atoms. The fourth-order valence-corrected chi connectivity index (χ4v) is 17.7. The van der Waals surface area contributed by atoms with E-state index in [1.165, 1.54) is 131 Å². The molecule has 1 heterocycles. The molecule has 0 amide bonds. The molecule has 14 aromatic carbocycles. The number of hydrogen-bond donors (Lipinski definition) is 0. The van der Waals surface area contributed by atoms with E-state index in [1.807, 2.05) is 0 Å². The molecule has 2 aliphatic carbocycles. The van der Waals surface area contributed by atoms with E-state index < -0.39 is 10.0 Å². The summed E-state index contributed by atoms with van der Waals surface area (Å²) >= 11 is 0. The fraction of sp³-hybridized carbons (Fsp3) is 0.0909. The Labute approximate surface area is 535 Å². The molecule has 0 saturated heterocycles. The van der Waals surface area contributed by atoms with Crippen molar-refractivity contribution in [3.63, 3.8) is 0 Å². The molecule has 17 rings (SSSR count). The van der Waals surface area contributed by atoms with Crippen molar-refractivity contribution in [2.75, 3.05) is 22.3 Å². The number of hydrogen-bond acceptors (Lipinski definition) is 2. The fourth-order valence-electron chi connectivity index (χ4n) is 15.2. The SMILES string of the molecule is CC1(C)c2cc(C=Cc3ccc4c(c3)-c3cc(C=Cc5ccc6c(c5)C(C)(C)c5cc(N(c7ccc8ccccc8c7)c7ccc8ccccc8c7)ccc5-6)ccc3S4(C)C)ccc2-c2ccc(N(c3ccc4ccccc4c3)c3ccc4ccccc4c3)cc21. The molecule has 0 unspecified atom stereocenters. The second-order valence-electron chi connectivity index (χ2n) is 26.6. The largest absolute Gasteiger partial charge is 0.310 e. The van der Waals surface area contributed by atoms with Gasteiger partial charge >= 0.3 is 0 Å². The predicted molar refractivity (Wildman–Crippen MR) is 393 cm³/mol. The van der Waals surface area contributed by atoms with Gasteiger partial charge in [-0.05, 0) is 231 Å². The molecule has 0 saturated carbocycles. The Balaban J connectivity index is 0.639. The lowest BCUT2D eigenvalue weighted by Gasteiger charge is -2.28. The van der Waals surface area contributed by atoms with Crippen molar-refractivity contribution in [3.05, 3.63) is 324 Å². The molecule has 3 heteroatoms. The highest BCUT2D eigenvalue weighted by Crippen LogP contribution is 2.67. The van der Waals surface area contributed by atoms with Gasteiger partial charge in [0.05, 0.1) is 0 Å². The van der Waals surface area contributed by atoms with E-state index in [2.05, 4.69) is 353 Å². The van der Waals surface area contributed by atoms with Gasteiger partial charge in [-0.2, -0.15) is 10.0 Å². The number of nitrogens with zero attached hydrogens (tertiary/aromatic N) is 2. The molecular formula is C88H68N2S. The zero-order valence-corrected chi connectivity index (χ0v) is 53.0. The molecule has 0 fully saturated rings. The minimum atomic E-state index is -1.20. The second-order valence-corrected chi connectivity index (χ2v) is 30.2. The predicted octanol–water partition coefficient (Wildman–Crippen LogP) is 24.7. The normalized spacial score (nSPS) is 14.8. The van der Waals surface area contributed by atoms with Crippen LogP contribution in [-0.2, 0) is 10.8 Å². The van der Waals surface area contributed by atoms with E-state index in [-0.39, 0.29) is 10.8 Å². The Hall–Kier alpha value is -10.5. The number of fused-ring (bicyclic) bond motifs is 13. The van der Waals surface area contributed by atoms with Crippen LogP contribution in [0.3, 0.4) is 0 Å². The maximum atomic E-state index is 2.46. The Kier molecular flexibility index (Phi) is 12.5. The highest BCUT2D eigenvalue weighted by Gasteiger charge is 2.38. The van der Waals surface area contributed by atoms with Crippen LogP contribution in [0.5, 0.6) is 0 Å². The third-order valence-corrected chi connectivity index (χ3v) is 23.1. The monoisotopic (exact) mass is 1180 g/mol. The van der Waals surface area contributed by atoms with E-state index in [0.29, 0.717) is 0 Å². The number of rotatable bonds is 10. The summed E-state index contributed by atoms with van der Waals surface area (Å²) in [7, 11) is -1.20. The minimum Gasteiger partial charge on any atom is -0.310 e. The van der Waals surface area contributed by atoms with Gasteiger partial charge < -0.3 is 9.80 Å². The van der Waals surface area contributed by atoms with Crippen molar-refractivity contribution >= 4 is 112 Å². The summed E-state index contributed by atoms with van der Waals surface area (Å²) < 4.78 is 0. The average molecular weight is 1190 g/mol. The van der Waals surface area contributed by atoms with Crippen LogP contribution in [0.2, 0.25) is 0 Å². The van der Waals surface area contributed by atoms with Crippen LogP contribution in [0.4, 0.5) is 34.1 Å². The number of benzene rings is 14. The molecule has 0 atom stereocenters. The molecule has 2 nitrogen and oxygen atoms in total. The summed E-state index contributed by atoms with van der Waals surface area (Å²) in [6.07, 6.45) is 14.1. The maximum Gasteiger partial charge on any atom is 0.0468 e. The summed E-state index contributed by atoms with van der Waals surface area (Å²) in [6.45, 7) is 9.58. The van der Waals surface area contributed by atoms with E-state index in [9.17, 15) is 0 Å². The third-order valence-electron chi connectivity index (χ3n) is 20.2. The van der Waals surface area contributed by atoms with Gasteiger partial charge in [0, 0.05) is 54.7 Å². The van der Waals surface area contributed by atoms with Crippen LogP contribution < -0.4 is 9.80 Å². The Morgan fingerprint density at radius 2 is 0.495 bits per heavy atom. The molecular weight excluding hydrogens is 1120 g/mol. The summed E-state index contributed by atoms with van der Waals surface area (Å²) in [4.78, 5) is 7.77. The molecule has 0 aromatic heterocycles. The summed E-state index contributed by atoms with van der Waals surface area (Å²) in [5.41, 5.74) is 24.6. The Morgan fingerprint density at radius 1 is 0.242 bits per heavy atom. The molecule has 3 aliphatic rings. The minimum absolute atomic E-state index is 0.212. The third kappa shape index (κ3) is 9.08. The Bertz CT molecular complexity index is 4930. The first-order valence-corrected chi connectivity index (χ1v) is 34.3. The molecule has 0 radical (unpaired) electrons. The van der Waals surface area contributed by atoms with Gasteiger partial charge in [-0.15, -0.1) is 0 Å². The van der Waals surface area contributed by atoms with Crippen LogP contribution in [0.1, 0.15) is 72.2 Å². The summed E-state index contributed by atoms with van der Waals surface area (Å²) in [5, 5.41) is 9.86. The van der Waals surface area contributed by atoms with Crippen molar-refractivity contribution in [2.45, 2.75) is 48.3 Å². The molecule has 0 N–H and O–H groups in total. The van der Waals surface area contributed by atoms with Gasteiger partial charge in [0.15, 0.2) is 0 Å². The van der Waals surface area contributed by atoms with Crippen LogP contribution in [0.25, 0.3) is 101 Å². The average Bonchev–Trinajstić information content (AvgIpc) is 1.63. The van der Waals surface area contributed by atoms with Crippen molar-refractivity contribution in [3.8, 4) is 33.4 Å². The molecule has 0 bridgehead atoms. The van der Waals surface area contributed by atoms with Crippen molar-refractivity contribution in [2.24, 2.45) is 0 Å². The van der Waals surface area contributed by atoms with Crippen LogP contribution in [0, 0.1) is 0 Å². The van der Waals surface area contributed by atoms with E-state index in [4.69, 9.17) is 0 Å². The van der Waals surface area contributed by atoms with Gasteiger partial charge in [-0.3, -0.25) is 0 Å². The Morgan fingerprint density at radius 3 is 0.824 bits per heavy atom. The summed E-state index contributed by atoms with van der Waals surface area (Å²) in [5.74, 6) is 0. The van der Waals surface area contributed by atoms with Gasteiger partial charge in [0.1, 0.15) is 0 Å². The van der Waals surface area contributed by atoms with Crippen molar-refractivity contribution in [1.82, 2.24) is 0 Å². The zero-order chi connectivity index (χ0) is 61.3. The molecule has 436 valence electrons. The lowest BCUT2D eigenvalue weighted by Crippen LogP contribution is -2.16. The van der Waals surface area contributed by atoms with Gasteiger partial charge in [0.25, 0.3) is 0 Å². The van der Waals surface area contributed by atoms with Crippen molar-refractivity contribution < 1.29 is 0 Å². The number of anilines is 6. The zero-order valence-electron chi connectivity index (χ0n) is 52.2. The van der Waals surface area contributed by atoms with Crippen LogP contribution in [0.15, 0.2) is 289 Å². The lowest BCUT2D eigenvalue weighted by atomic mass is 9.81. The first kappa shape index (κ1) is 54.7. The van der Waals surface area contributed by atoms with E-state index in [0.717, 1.165) is 34.1 Å². The van der Waals surface area contributed by atoms with Crippen LogP contribution >= 0.6 is 10.0 Å². The second kappa shape index (κ2) is 20.8. The molecule has 1 aliphatic heterocycles. The smallest absolute Gasteiger partial charge is 0.0468 e. The summed E-state index contributed by atoms with van der Waals surface area (Å²) in [6, 6.07) is 105. The quantitative estimate of drug-likeness (QED) is 0.126. The highest BCUT2D eigenvalue weighted by molar-refractivity contribution is 8.33. The van der Waals surface area contributed by atoms with Gasteiger partial charge in [-0.1, -0.05) is 234 Å². The lowest BCUT2D eigenvalue weighted by molar-refractivity contribution is 0.660. The van der Waals surface area contributed by atoms with Gasteiger partial charge in [-0.25, -0.2) is 0 Å². The van der Waals surface area contributed by atoms with Gasteiger partial charge in [0.2, 0.25) is 0 Å². The van der Waals surface area contributed by atoms with E-state index in [1.54, 1.807) is 0 Å². The topological polar surface area (TPSA) is 6.48 Å². The first-order chi connectivity index (χ1) is 44.3. The van der Waals surface area contributed by atoms with Crippen LogP contribution in [-0.4, -0.2) is 12.5 Å². The van der Waals surface area contributed by atoms with E-state index >= 15 is 0 Å². The van der Waals surface area contributed by atoms with Crippen molar-refractivity contribution in [1.29, 1.82) is 0 Å². The first-order valence-electron chi connectivity index (χ1n) is 31.8. The molecule has 0 spiro atoms. The maximum absolute atomic E-state index is 2.46.